The van der Waals surface area contributed by atoms with Crippen molar-refractivity contribution in [1.29, 1.82) is 0 Å². The molecule has 6 heteroatoms. The van der Waals surface area contributed by atoms with Crippen LogP contribution in [0.5, 0.6) is 11.5 Å². The molecule has 1 saturated heterocycles. The molecular formula is C22H30N4O2. The van der Waals surface area contributed by atoms with E-state index in [0.29, 0.717) is 18.4 Å². The van der Waals surface area contributed by atoms with E-state index in [1.807, 2.05) is 13.8 Å². The van der Waals surface area contributed by atoms with Crippen LogP contribution in [0.1, 0.15) is 36.2 Å². The lowest BCUT2D eigenvalue weighted by molar-refractivity contribution is 0.197. The van der Waals surface area contributed by atoms with Gasteiger partial charge in [0.1, 0.15) is 6.61 Å². The number of phenolic OH excluding ortho intramolecular Hbond substituents is 1. The predicted octanol–water partition coefficient (Wildman–Crippen LogP) is 3.14. The van der Waals surface area contributed by atoms with Gasteiger partial charge in [0.25, 0.3) is 0 Å². The summed E-state index contributed by atoms with van der Waals surface area (Å²) in [4.78, 5) is 14.0. The molecule has 6 nitrogen and oxygen atoms in total. The standard InChI is InChI=1S/C22H30N4O2/c1-15-13-23-16(2)21(24-15)17-11-18-14-26(8-6-19-5-4-7-25(19)3)9-10-28-22(18)20(27)12-17/h11-13,19,27H,4-10,14H2,1-3H3/t19-/m1/s1. The van der Waals surface area contributed by atoms with E-state index in [-0.39, 0.29) is 5.75 Å². The first-order valence-corrected chi connectivity index (χ1v) is 10.2. The zero-order chi connectivity index (χ0) is 19.7. The molecular weight excluding hydrogens is 352 g/mol. The topological polar surface area (TPSA) is 61.7 Å². The molecule has 1 aromatic heterocycles. The van der Waals surface area contributed by atoms with Gasteiger partial charge in [-0.25, -0.2) is 4.98 Å². The number of aryl methyl sites for hydroxylation is 2. The molecule has 3 heterocycles. The van der Waals surface area contributed by atoms with Gasteiger partial charge in [0.15, 0.2) is 11.5 Å². The molecule has 0 radical (unpaired) electrons. The summed E-state index contributed by atoms with van der Waals surface area (Å²) in [6, 6.07) is 4.54. The molecule has 4 rings (SSSR count). The van der Waals surface area contributed by atoms with E-state index in [4.69, 9.17) is 4.74 Å². The lowest BCUT2D eigenvalue weighted by Crippen LogP contribution is -2.32. The van der Waals surface area contributed by atoms with Gasteiger partial charge in [0, 0.05) is 43.0 Å². The Morgan fingerprint density at radius 3 is 2.89 bits per heavy atom. The van der Waals surface area contributed by atoms with Gasteiger partial charge in [-0.3, -0.25) is 9.88 Å². The van der Waals surface area contributed by atoms with E-state index >= 15 is 0 Å². The van der Waals surface area contributed by atoms with Crippen molar-refractivity contribution in [2.75, 3.05) is 33.3 Å². The van der Waals surface area contributed by atoms with Crippen molar-refractivity contribution in [2.24, 2.45) is 0 Å². The highest BCUT2D eigenvalue weighted by atomic mass is 16.5. The summed E-state index contributed by atoms with van der Waals surface area (Å²) < 4.78 is 5.91. The van der Waals surface area contributed by atoms with Gasteiger partial charge in [0.2, 0.25) is 0 Å². The molecule has 1 fully saturated rings. The highest BCUT2D eigenvalue weighted by Gasteiger charge is 2.24. The van der Waals surface area contributed by atoms with Crippen molar-refractivity contribution in [2.45, 2.75) is 45.7 Å². The first-order chi connectivity index (χ1) is 13.5. The molecule has 0 amide bonds. The highest BCUT2D eigenvalue weighted by Crippen LogP contribution is 2.37. The molecule has 2 aliphatic rings. The zero-order valence-electron chi connectivity index (χ0n) is 17.1. The molecule has 0 aliphatic carbocycles. The monoisotopic (exact) mass is 382 g/mol. The number of ether oxygens (including phenoxy) is 1. The Balaban J connectivity index is 1.57. The Morgan fingerprint density at radius 2 is 2.11 bits per heavy atom. The molecule has 1 atom stereocenters. The Bertz CT molecular complexity index is 855. The fourth-order valence-electron chi connectivity index (χ4n) is 4.37. The molecule has 1 N–H and O–H groups in total. The number of rotatable bonds is 4. The Labute approximate surface area is 167 Å². The van der Waals surface area contributed by atoms with Crippen LogP contribution in [0, 0.1) is 13.8 Å². The van der Waals surface area contributed by atoms with E-state index in [0.717, 1.165) is 47.8 Å². The summed E-state index contributed by atoms with van der Waals surface area (Å²) in [5, 5.41) is 10.6. The maximum atomic E-state index is 10.6. The van der Waals surface area contributed by atoms with E-state index in [9.17, 15) is 5.11 Å². The van der Waals surface area contributed by atoms with Gasteiger partial charge in [-0.1, -0.05) is 0 Å². The first-order valence-electron chi connectivity index (χ1n) is 10.2. The van der Waals surface area contributed by atoms with Crippen LogP contribution < -0.4 is 4.74 Å². The summed E-state index contributed by atoms with van der Waals surface area (Å²) in [7, 11) is 2.23. The van der Waals surface area contributed by atoms with E-state index < -0.39 is 0 Å². The van der Waals surface area contributed by atoms with E-state index in [1.165, 1.54) is 25.8 Å². The van der Waals surface area contributed by atoms with Crippen LogP contribution in [-0.4, -0.2) is 64.2 Å². The van der Waals surface area contributed by atoms with Crippen molar-refractivity contribution in [3.05, 3.63) is 35.3 Å². The normalized spacial score (nSPS) is 20.6. The van der Waals surface area contributed by atoms with Gasteiger partial charge >= 0.3 is 0 Å². The Morgan fingerprint density at radius 1 is 1.25 bits per heavy atom. The first kappa shape index (κ1) is 19.2. The second-order valence-electron chi connectivity index (χ2n) is 8.12. The average molecular weight is 383 g/mol. The molecule has 150 valence electrons. The zero-order valence-corrected chi connectivity index (χ0v) is 17.1. The van der Waals surface area contributed by atoms with Gasteiger partial charge < -0.3 is 14.7 Å². The van der Waals surface area contributed by atoms with Crippen LogP contribution >= 0.6 is 0 Å². The van der Waals surface area contributed by atoms with Crippen LogP contribution in [0.2, 0.25) is 0 Å². The summed E-state index contributed by atoms with van der Waals surface area (Å²) in [5.41, 5.74) is 4.47. The number of phenols is 1. The molecule has 0 bridgehead atoms. The minimum absolute atomic E-state index is 0.188. The number of likely N-dealkylation sites (tertiary alicyclic amines) is 1. The summed E-state index contributed by atoms with van der Waals surface area (Å²) in [5.74, 6) is 0.801. The third-order valence-corrected chi connectivity index (χ3v) is 5.99. The lowest BCUT2D eigenvalue weighted by Gasteiger charge is -2.24. The fourth-order valence-corrected chi connectivity index (χ4v) is 4.37. The van der Waals surface area contributed by atoms with Crippen molar-refractivity contribution in [3.63, 3.8) is 0 Å². The number of hydrogen-bond donors (Lipinski definition) is 1. The number of nitrogens with zero attached hydrogens (tertiary/aromatic N) is 4. The van der Waals surface area contributed by atoms with Crippen molar-refractivity contribution >= 4 is 0 Å². The van der Waals surface area contributed by atoms with Crippen LogP contribution in [0.25, 0.3) is 11.3 Å². The van der Waals surface area contributed by atoms with Crippen LogP contribution in [-0.2, 0) is 6.54 Å². The third-order valence-electron chi connectivity index (χ3n) is 5.99. The molecule has 2 aromatic rings. The number of benzene rings is 1. The highest BCUT2D eigenvalue weighted by molar-refractivity contribution is 5.67. The molecule has 0 spiro atoms. The Kier molecular flexibility index (Phi) is 5.51. The van der Waals surface area contributed by atoms with Gasteiger partial charge in [-0.05, 0) is 58.8 Å². The van der Waals surface area contributed by atoms with Gasteiger partial charge in [-0.15, -0.1) is 0 Å². The van der Waals surface area contributed by atoms with Gasteiger partial charge in [-0.2, -0.15) is 0 Å². The average Bonchev–Trinajstić information content (AvgIpc) is 2.95. The smallest absolute Gasteiger partial charge is 0.165 e. The molecule has 0 unspecified atom stereocenters. The predicted molar refractivity (Wildman–Crippen MR) is 110 cm³/mol. The summed E-state index contributed by atoms with van der Waals surface area (Å²) >= 11 is 0. The summed E-state index contributed by atoms with van der Waals surface area (Å²) in [6.07, 6.45) is 5.56. The van der Waals surface area contributed by atoms with Crippen molar-refractivity contribution in [3.8, 4) is 22.8 Å². The van der Waals surface area contributed by atoms with Crippen LogP contribution in [0.4, 0.5) is 0 Å². The van der Waals surface area contributed by atoms with E-state index in [1.54, 1.807) is 12.3 Å². The second kappa shape index (κ2) is 8.05. The minimum Gasteiger partial charge on any atom is -0.504 e. The van der Waals surface area contributed by atoms with Gasteiger partial charge in [0.05, 0.1) is 17.1 Å². The van der Waals surface area contributed by atoms with Crippen LogP contribution in [0.15, 0.2) is 18.3 Å². The minimum atomic E-state index is 0.188. The molecule has 1 aromatic carbocycles. The number of aromatic hydroxyl groups is 1. The molecule has 2 aliphatic heterocycles. The van der Waals surface area contributed by atoms with Crippen molar-refractivity contribution < 1.29 is 9.84 Å². The maximum absolute atomic E-state index is 10.6. The quantitative estimate of drug-likeness (QED) is 0.877. The SMILES string of the molecule is Cc1cnc(C)c(-c2cc(O)c3c(c2)CN(CC[C@H]2CCCN2C)CCO3)n1. The second-order valence-corrected chi connectivity index (χ2v) is 8.12. The largest absolute Gasteiger partial charge is 0.504 e. The van der Waals surface area contributed by atoms with Crippen LogP contribution in [0.3, 0.4) is 0 Å². The van der Waals surface area contributed by atoms with E-state index in [2.05, 4.69) is 32.9 Å². The third kappa shape index (κ3) is 3.98. The Hall–Kier alpha value is -2.18. The maximum Gasteiger partial charge on any atom is 0.165 e. The summed E-state index contributed by atoms with van der Waals surface area (Å²) in [6.45, 7) is 8.41. The lowest BCUT2D eigenvalue weighted by atomic mass is 10.0. The molecule has 0 saturated carbocycles. The number of aromatic nitrogens is 2. The molecule has 28 heavy (non-hydrogen) atoms. The number of hydrogen-bond acceptors (Lipinski definition) is 6. The fraction of sp³-hybridized carbons (Fsp3) is 0.545. The number of fused-ring (bicyclic) bond motifs is 1. The van der Waals surface area contributed by atoms with Crippen molar-refractivity contribution in [1.82, 2.24) is 19.8 Å².